The molecule has 4 rings (SSSR count). The highest BCUT2D eigenvalue weighted by Crippen LogP contribution is 2.28. The number of thioether (sulfide) groups is 1. The molecule has 0 amide bonds. The van der Waals surface area contributed by atoms with E-state index in [0.717, 1.165) is 34.3 Å². The van der Waals surface area contributed by atoms with Gasteiger partial charge in [0.05, 0.1) is 27.4 Å². The van der Waals surface area contributed by atoms with Crippen LogP contribution in [-0.4, -0.2) is 51.1 Å². The van der Waals surface area contributed by atoms with E-state index in [4.69, 9.17) is 4.98 Å². The molecular weight excluding hydrogens is 444 g/mol. The van der Waals surface area contributed by atoms with Crippen LogP contribution in [0.1, 0.15) is 23.9 Å². The first-order valence-electron chi connectivity index (χ1n) is 10.2. The zero-order valence-electron chi connectivity index (χ0n) is 18.8. The van der Waals surface area contributed by atoms with E-state index < -0.39 is 10.0 Å². The monoisotopic (exact) mass is 470 g/mol. The van der Waals surface area contributed by atoms with E-state index in [1.54, 1.807) is 30.2 Å². The van der Waals surface area contributed by atoms with Crippen molar-refractivity contribution in [2.24, 2.45) is 0 Å². The first-order chi connectivity index (χ1) is 15.2. The van der Waals surface area contributed by atoms with Gasteiger partial charge in [0.1, 0.15) is 12.2 Å². The lowest BCUT2D eigenvalue weighted by Gasteiger charge is -2.11. The van der Waals surface area contributed by atoms with Gasteiger partial charge in [-0.15, -0.1) is 10.2 Å². The largest absolute Gasteiger partial charge is 0.328 e. The van der Waals surface area contributed by atoms with E-state index in [1.165, 1.54) is 24.0 Å². The molecule has 0 bridgehead atoms. The molecule has 2 aromatic heterocycles. The highest BCUT2D eigenvalue weighted by atomic mass is 32.2. The quantitative estimate of drug-likeness (QED) is 0.382. The Morgan fingerprint density at radius 1 is 1.09 bits per heavy atom. The smallest absolute Gasteiger partial charge is 0.242 e. The molecule has 0 spiro atoms. The summed E-state index contributed by atoms with van der Waals surface area (Å²) in [6.07, 6.45) is 1.72. The molecule has 2 heterocycles. The number of imidazole rings is 1. The number of aryl methyl sites for hydroxylation is 3. The second-order valence-electron chi connectivity index (χ2n) is 7.77. The van der Waals surface area contributed by atoms with Crippen molar-refractivity contribution in [2.75, 3.05) is 14.1 Å². The third-order valence-corrected chi connectivity index (χ3v) is 8.10. The molecule has 0 aliphatic rings. The van der Waals surface area contributed by atoms with Gasteiger partial charge in [0.2, 0.25) is 10.0 Å². The maximum Gasteiger partial charge on any atom is 0.242 e. The first-order valence-corrected chi connectivity index (χ1v) is 12.7. The van der Waals surface area contributed by atoms with Crippen molar-refractivity contribution in [3.05, 3.63) is 59.7 Å². The fourth-order valence-corrected chi connectivity index (χ4v) is 5.48. The normalized spacial score (nSPS) is 12.2. The van der Waals surface area contributed by atoms with Gasteiger partial charge < -0.3 is 4.57 Å². The number of fused-ring (bicyclic) bond motifs is 1. The molecule has 0 radical (unpaired) electrons. The molecule has 0 aliphatic heterocycles. The molecule has 0 saturated carbocycles. The molecule has 32 heavy (non-hydrogen) atoms. The minimum Gasteiger partial charge on any atom is -0.328 e. The van der Waals surface area contributed by atoms with Gasteiger partial charge in [-0.3, -0.25) is 4.57 Å². The van der Waals surface area contributed by atoms with E-state index in [1.807, 2.05) is 10.6 Å². The maximum atomic E-state index is 12.5. The Labute approximate surface area is 192 Å². The second-order valence-corrected chi connectivity index (χ2v) is 10.9. The Balaban J connectivity index is 1.65. The third-order valence-electron chi connectivity index (χ3n) is 5.35. The Morgan fingerprint density at radius 3 is 2.56 bits per heavy atom. The number of hydrogen-bond acceptors (Lipinski definition) is 6. The molecule has 10 heteroatoms. The van der Waals surface area contributed by atoms with E-state index in [-0.39, 0.29) is 4.90 Å². The SMILES string of the molecule is CCn1c(CSc2nncn2-c2ccc(C)cc2C)nc2cc(S(=O)(=O)N(C)C)ccc21. The fraction of sp³-hybridized carbons (Fsp3) is 0.318. The summed E-state index contributed by atoms with van der Waals surface area (Å²) >= 11 is 1.55. The second kappa shape index (κ2) is 8.68. The van der Waals surface area contributed by atoms with Crippen LogP contribution in [-0.2, 0) is 22.3 Å². The van der Waals surface area contributed by atoms with Crippen LogP contribution in [0.2, 0.25) is 0 Å². The van der Waals surface area contributed by atoms with Gasteiger partial charge >= 0.3 is 0 Å². The summed E-state index contributed by atoms with van der Waals surface area (Å²) < 4.78 is 30.3. The molecule has 8 nitrogen and oxygen atoms in total. The summed E-state index contributed by atoms with van der Waals surface area (Å²) in [5.74, 6) is 1.45. The number of hydrogen-bond donors (Lipinski definition) is 0. The lowest BCUT2D eigenvalue weighted by molar-refractivity contribution is 0.521. The average molecular weight is 471 g/mol. The summed E-state index contributed by atoms with van der Waals surface area (Å²) in [7, 11) is -0.461. The van der Waals surface area contributed by atoms with Crippen LogP contribution in [0.4, 0.5) is 0 Å². The predicted molar refractivity (Wildman–Crippen MR) is 127 cm³/mol. The van der Waals surface area contributed by atoms with Crippen LogP contribution in [0.15, 0.2) is 52.8 Å². The van der Waals surface area contributed by atoms with E-state index in [0.29, 0.717) is 11.3 Å². The first kappa shape index (κ1) is 22.5. The summed E-state index contributed by atoms with van der Waals surface area (Å²) in [6.45, 7) is 6.93. The Bertz CT molecular complexity index is 1390. The van der Waals surface area contributed by atoms with Crippen LogP contribution in [0.3, 0.4) is 0 Å². The lowest BCUT2D eigenvalue weighted by Crippen LogP contribution is -2.22. The van der Waals surface area contributed by atoms with Gasteiger partial charge in [0, 0.05) is 20.6 Å². The number of sulfonamides is 1. The van der Waals surface area contributed by atoms with Crippen molar-refractivity contribution >= 4 is 32.8 Å². The number of benzene rings is 2. The van der Waals surface area contributed by atoms with Gasteiger partial charge in [-0.1, -0.05) is 29.5 Å². The van der Waals surface area contributed by atoms with Crippen LogP contribution in [0.5, 0.6) is 0 Å². The van der Waals surface area contributed by atoms with Gasteiger partial charge in [-0.2, -0.15) is 0 Å². The number of nitrogens with zero attached hydrogens (tertiary/aromatic N) is 6. The van der Waals surface area contributed by atoms with Crippen molar-refractivity contribution in [3.8, 4) is 5.69 Å². The molecule has 0 aliphatic carbocycles. The third kappa shape index (κ3) is 4.05. The van der Waals surface area contributed by atoms with Crippen LogP contribution in [0, 0.1) is 13.8 Å². The lowest BCUT2D eigenvalue weighted by atomic mass is 10.1. The van der Waals surface area contributed by atoms with Crippen LogP contribution in [0.25, 0.3) is 16.7 Å². The zero-order chi connectivity index (χ0) is 23.0. The summed E-state index contributed by atoms with van der Waals surface area (Å²) in [4.78, 5) is 4.99. The summed E-state index contributed by atoms with van der Waals surface area (Å²) in [6, 6.07) is 11.4. The van der Waals surface area contributed by atoms with Gasteiger partial charge in [0.25, 0.3) is 0 Å². The van der Waals surface area contributed by atoms with Gasteiger partial charge in [0.15, 0.2) is 5.16 Å². The zero-order valence-corrected chi connectivity index (χ0v) is 20.4. The molecule has 4 aromatic rings. The average Bonchev–Trinajstić information content (AvgIpc) is 3.35. The number of aromatic nitrogens is 5. The predicted octanol–water partition coefficient (Wildman–Crippen LogP) is 3.80. The highest BCUT2D eigenvalue weighted by molar-refractivity contribution is 7.98. The molecule has 0 atom stereocenters. The maximum absolute atomic E-state index is 12.5. The van der Waals surface area contributed by atoms with Crippen molar-refractivity contribution in [1.82, 2.24) is 28.6 Å². The molecule has 0 unspecified atom stereocenters. The number of rotatable bonds is 7. The Morgan fingerprint density at radius 2 is 1.88 bits per heavy atom. The summed E-state index contributed by atoms with van der Waals surface area (Å²) in [5, 5.41) is 9.19. The molecule has 0 fully saturated rings. The van der Waals surface area contributed by atoms with E-state index in [9.17, 15) is 8.42 Å². The van der Waals surface area contributed by atoms with Gasteiger partial charge in [-0.05, 0) is 50.6 Å². The standard InChI is InChI=1S/C22H26N6O2S2/c1-6-27-20-10-8-17(32(29,30)26(4)5)12-18(20)24-21(27)13-31-22-25-23-14-28(22)19-9-7-15(2)11-16(19)3/h7-12,14H,6,13H2,1-5H3. The van der Waals surface area contributed by atoms with E-state index in [2.05, 4.69) is 53.7 Å². The van der Waals surface area contributed by atoms with Crippen molar-refractivity contribution < 1.29 is 8.42 Å². The molecule has 0 N–H and O–H groups in total. The fourth-order valence-electron chi connectivity index (χ4n) is 3.69. The summed E-state index contributed by atoms with van der Waals surface area (Å²) in [5.41, 5.74) is 4.99. The minimum atomic E-state index is -3.51. The molecular formula is C22H26N6O2S2. The molecule has 2 aromatic carbocycles. The Kier molecular flexibility index (Phi) is 6.11. The highest BCUT2D eigenvalue weighted by Gasteiger charge is 2.20. The van der Waals surface area contributed by atoms with Crippen LogP contribution >= 0.6 is 11.8 Å². The van der Waals surface area contributed by atoms with E-state index >= 15 is 0 Å². The van der Waals surface area contributed by atoms with Crippen molar-refractivity contribution in [1.29, 1.82) is 0 Å². The van der Waals surface area contributed by atoms with Crippen molar-refractivity contribution in [3.63, 3.8) is 0 Å². The van der Waals surface area contributed by atoms with Crippen LogP contribution < -0.4 is 0 Å². The molecule has 0 saturated heterocycles. The minimum absolute atomic E-state index is 0.240. The molecule has 168 valence electrons. The van der Waals surface area contributed by atoms with Crippen molar-refractivity contribution in [2.45, 2.75) is 43.1 Å². The van der Waals surface area contributed by atoms with Gasteiger partial charge in [-0.25, -0.2) is 17.7 Å². The Hall–Kier alpha value is -2.69. The topological polar surface area (TPSA) is 85.9 Å².